The Bertz CT molecular complexity index is 244. The zero-order valence-electron chi connectivity index (χ0n) is 14.3. The van der Waals surface area contributed by atoms with Crippen molar-refractivity contribution in [1.29, 1.82) is 0 Å². The minimum Gasteiger partial charge on any atom is -0.340 e. The summed E-state index contributed by atoms with van der Waals surface area (Å²) in [5.41, 5.74) is 0. The maximum atomic E-state index is 10.7. The second kappa shape index (κ2) is 17.0. The Kier molecular flexibility index (Phi) is 21.5. The van der Waals surface area contributed by atoms with Gasteiger partial charge in [-0.3, -0.25) is 4.57 Å². The Hall–Kier alpha value is 0.644. The Balaban J connectivity index is -0.000000317. The second-order valence-electron chi connectivity index (χ2n) is 5.68. The molecular formula is C16H36NiO3P-. The molecule has 0 fully saturated rings. The van der Waals surface area contributed by atoms with Crippen molar-refractivity contribution in [2.75, 3.05) is 6.16 Å². The van der Waals surface area contributed by atoms with Crippen LogP contribution in [0.15, 0.2) is 0 Å². The molecule has 5 heteroatoms. The maximum absolute atomic E-state index is 10.7. The number of hydrogen-bond donors (Lipinski definition) is 2. The summed E-state index contributed by atoms with van der Waals surface area (Å²) < 4.78 is 10.7. The average Bonchev–Trinajstić information content (AvgIpc) is 2.40. The second-order valence-corrected chi connectivity index (χ2v) is 7.37. The van der Waals surface area contributed by atoms with Gasteiger partial charge >= 0.3 is 7.60 Å². The first kappa shape index (κ1) is 26.5. The molecule has 0 saturated heterocycles. The molecule has 0 aliphatic carbocycles. The zero-order chi connectivity index (χ0) is 16.0. The monoisotopic (exact) mass is 365 g/mol. The van der Waals surface area contributed by atoms with E-state index in [4.69, 9.17) is 9.79 Å². The molecule has 0 aliphatic heterocycles. The van der Waals surface area contributed by atoms with Crippen LogP contribution in [0.25, 0.3) is 0 Å². The van der Waals surface area contributed by atoms with Crippen molar-refractivity contribution in [3.8, 4) is 0 Å². The molecule has 0 aliphatic rings. The molecule has 21 heavy (non-hydrogen) atoms. The minimum atomic E-state index is -3.78. The van der Waals surface area contributed by atoms with Gasteiger partial charge in [-0.05, 0) is 12.3 Å². The van der Waals surface area contributed by atoms with E-state index >= 15 is 0 Å². The first-order valence-electron chi connectivity index (χ1n) is 8.18. The van der Waals surface area contributed by atoms with Gasteiger partial charge in [0.25, 0.3) is 0 Å². The van der Waals surface area contributed by atoms with Gasteiger partial charge in [-0.25, -0.2) is 0 Å². The van der Waals surface area contributed by atoms with Crippen LogP contribution >= 0.6 is 7.60 Å². The van der Waals surface area contributed by atoms with Crippen LogP contribution in [0.3, 0.4) is 0 Å². The molecule has 0 spiro atoms. The van der Waals surface area contributed by atoms with E-state index in [2.05, 4.69) is 27.7 Å². The summed E-state index contributed by atoms with van der Waals surface area (Å²) in [5.74, 6) is 0.903. The van der Waals surface area contributed by atoms with Gasteiger partial charge < -0.3 is 16.7 Å². The molecular weight excluding hydrogens is 330 g/mol. The van der Waals surface area contributed by atoms with E-state index in [-0.39, 0.29) is 28.6 Å². The minimum absolute atomic E-state index is 0. The van der Waals surface area contributed by atoms with Gasteiger partial charge in [0.05, 0.1) is 6.16 Å². The van der Waals surface area contributed by atoms with Crippen molar-refractivity contribution in [3.05, 3.63) is 6.92 Å². The van der Waals surface area contributed by atoms with Crippen molar-refractivity contribution in [1.82, 2.24) is 0 Å². The maximum Gasteiger partial charge on any atom is 0.325 e. The summed E-state index contributed by atoms with van der Waals surface area (Å²) in [5, 5.41) is 0. The summed E-state index contributed by atoms with van der Waals surface area (Å²) in [6, 6.07) is 0. The van der Waals surface area contributed by atoms with Crippen LogP contribution < -0.4 is 0 Å². The largest absolute Gasteiger partial charge is 0.340 e. The van der Waals surface area contributed by atoms with Gasteiger partial charge in [0.2, 0.25) is 0 Å². The van der Waals surface area contributed by atoms with Crippen molar-refractivity contribution in [2.24, 2.45) is 11.8 Å². The molecule has 0 heterocycles. The fourth-order valence-corrected chi connectivity index (χ4v) is 3.06. The van der Waals surface area contributed by atoms with E-state index in [9.17, 15) is 4.57 Å². The van der Waals surface area contributed by atoms with Gasteiger partial charge in [-0.2, -0.15) is 5.92 Å². The first-order valence-corrected chi connectivity index (χ1v) is 9.97. The molecule has 0 amide bonds. The fraction of sp³-hybridized carbons (Fsp3) is 0.938. The summed E-state index contributed by atoms with van der Waals surface area (Å²) in [6.07, 6.45) is 9.24. The predicted molar refractivity (Wildman–Crippen MR) is 88.9 cm³/mol. The van der Waals surface area contributed by atoms with Crippen LogP contribution in [-0.4, -0.2) is 15.9 Å². The van der Waals surface area contributed by atoms with Gasteiger partial charge in [-0.15, -0.1) is 0 Å². The van der Waals surface area contributed by atoms with Gasteiger partial charge in [-0.1, -0.05) is 72.6 Å². The van der Waals surface area contributed by atoms with E-state index in [1.807, 2.05) is 6.92 Å². The van der Waals surface area contributed by atoms with Crippen LogP contribution in [0.5, 0.6) is 0 Å². The molecule has 0 saturated carbocycles. The van der Waals surface area contributed by atoms with Crippen molar-refractivity contribution >= 4 is 7.60 Å². The standard InChI is InChI=1S/C8H19O3P.C8H17.Ni/c1-3-5-6-8(4-2)7-12(9,10)11;1-4-6-7-8(3)5-2;/h8H,3-7H2,1-2H3,(H2,9,10,11);8H,3-7H2,1-2H3;/q;-1;. The summed E-state index contributed by atoms with van der Waals surface area (Å²) in [4.78, 5) is 17.5. The molecule has 0 aromatic carbocycles. The van der Waals surface area contributed by atoms with E-state index in [0.29, 0.717) is 5.92 Å². The molecule has 0 aromatic heterocycles. The van der Waals surface area contributed by atoms with Crippen LogP contribution in [0.2, 0.25) is 0 Å². The molecule has 2 atom stereocenters. The molecule has 0 radical (unpaired) electrons. The van der Waals surface area contributed by atoms with Crippen molar-refractivity contribution in [3.63, 3.8) is 0 Å². The van der Waals surface area contributed by atoms with Gasteiger partial charge in [0, 0.05) is 16.5 Å². The number of rotatable bonds is 10. The van der Waals surface area contributed by atoms with Crippen LogP contribution in [0.1, 0.15) is 79.1 Å². The molecule has 3 nitrogen and oxygen atoms in total. The van der Waals surface area contributed by atoms with Crippen molar-refractivity contribution in [2.45, 2.75) is 79.1 Å². The summed E-state index contributed by atoms with van der Waals surface area (Å²) >= 11 is 0. The zero-order valence-corrected chi connectivity index (χ0v) is 16.2. The third-order valence-corrected chi connectivity index (χ3v) is 4.57. The fourth-order valence-electron chi connectivity index (χ4n) is 1.95. The van der Waals surface area contributed by atoms with E-state index in [1.165, 1.54) is 25.7 Å². The Morgan fingerprint density at radius 3 is 1.76 bits per heavy atom. The molecule has 134 valence electrons. The predicted octanol–water partition coefficient (Wildman–Crippen LogP) is 5.41. The topological polar surface area (TPSA) is 57.5 Å². The molecule has 0 aromatic rings. The SMILES string of the molecule is CCCCC(CC)CP(=O)(O)O.[CH2-]C(CC)CCCC.[Ni]. The van der Waals surface area contributed by atoms with E-state index < -0.39 is 7.60 Å². The van der Waals surface area contributed by atoms with E-state index in [0.717, 1.165) is 25.7 Å². The Labute approximate surface area is 142 Å². The summed E-state index contributed by atoms with van der Waals surface area (Å²) in [7, 11) is -3.78. The van der Waals surface area contributed by atoms with E-state index in [1.54, 1.807) is 0 Å². The molecule has 2 N–H and O–H groups in total. The number of unbranched alkanes of at least 4 members (excludes halogenated alkanes) is 2. The quantitative estimate of drug-likeness (QED) is 0.309. The third kappa shape index (κ3) is 23.0. The van der Waals surface area contributed by atoms with Crippen LogP contribution in [0, 0.1) is 18.8 Å². The smallest absolute Gasteiger partial charge is 0.325 e. The molecule has 0 bridgehead atoms. The van der Waals surface area contributed by atoms with Crippen molar-refractivity contribution < 1.29 is 30.8 Å². The van der Waals surface area contributed by atoms with Gasteiger partial charge in [0.1, 0.15) is 0 Å². The first-order chi connectivity index (χ1) is 9.30. The number of hydrogen-bond acceptors (Lipinski definition) is 1. The average molecular weight is 366 g/mol. The molecule has 2 unspecified atom stereocenters. The van der Waals surface area contributed by atoms with Crippen LogP contribution in [-0.2, 0) is 21.1 Å². The van der Waals surface area contributed by atoms with Gasteiger partial charge in [0.15, 0.2) is 0 Å². The Morgan fingerprint density at radius 1 is 0.952 bits per heavy atom. The normalized spacial score (nSPS) is 13.7. The third-order valence-electron chi connectivity index (χ3n) is 3.58. The Morgan fingerprint density at radius 2 is 1.43 bits per heavy atom. The van der Waals surface area contributed by atoms with Crippen LogP contribution in [0.4, 0.5) is 0 Å². The molecule has 0 rings (SSSR count). The summed E-state index contributed by atoms with van der Waals surface area (Å²) in [6.45, 7) is 12.5.